The van der Waals surface area contributed by atoms with Crippen LogP contribution in [0.3, 0.4) is 0 Å². The van der Waals surface area contributed by atoms with Gasteiger partial charge in [-0.3, -0.25) is 4.79 Å². The van der Waals surface area contributed by atoms with Gasteiger partial charge in [0.1, 0.15) is 0 Å². The van der Waals surface area contributed by atoms with E-state index >= 15 is 0 Å². The monoisotopic (exact) mass is 326 g/mol. The maximum atomic E-state index is 12.1. The summed E-state index contributed by atoms with van der Waals surface area (Å²) in [6.45, 7) is 11.4. The van der Waals surface area contributed by atoms with Gasteiger partial charge in [0.2, 0.25) is 0 Å². The zero-order chi connectivity index (χ0) is 17.9. The number of anilines is 1. The highest BCUT2D eigenvalue weighted by Crippen LogP contribution is 2.27. The van der Waals surface area contributed by atoms with Crippen molar-refractivity contribution in [1.82, 2.24) is 15.3 Å². The summed E-state index contributed by atoms with van der Waals surface area (Å²) in [4.78, 5) is 20.0. The quantitative estimate of drug-likeness (QED) is 0.905. The molecule has 1 heterocycles. The van der Waals surface area contributed by atoms with Crippen LogP contribution < -0.4 is 11.1 Å². The number of nitrogen functional groups attached to an aromatic ring is 1. The minimum absolute atomic E-state index is 0.131. The Morgan fingerprint density at radius 2 is 1.71 bits per heavy atom. The highest BCUT2D eigenvalue weighted by atomic mass is 16.1. The van der Waals surface area contributed by atoms with E-state index < -0.39 is 0 Å². The number of nitrogens with one attached hydrogen (secondary N) is 1. The lowest BCUT2D eigenvalue weighted by molar-refractivity contribution is 0.0950. The Labute approximate surface area is 143 Å². The molecular weight excluding hydrogens is 300 g/mol. The Morgan fingerprint density at radius 1 is 1.12 bits per heavy atom. The maximum Gasteiger partial charge on any atom is 0.273 e. The Morgan fingerprint density at radius 3 is 2.25 bits per heavy atom. The first kappa shape index (κ1) is 17.9. The molecule has 0 spiro atoms. The molecule has 0 saturated heterocycles. The van der Waals surface area contributed by atoms with Crippen LogP contribution >= 0.6 is 0 Å². The van der Waals surface area contributed by atoms with Crippen molar-refractivity contribution in [1.29, 1.82) is 0 Å². The van der Waals surface area contributed by atoms with Gasteiger partial charge in [-0.25, -0.2) is 9.97 Å². The van der Waals surface area contributed by atoms with Crippen molar-refractivity contribution in [3.05, 3.63) is 52.5 Å². The summed E-state index contributed by atoms with van der Waals surface area (Å²) in [6.07, 6.45) is 3.70. The highest BCUT2D eigenvalue weighted by molar-refractivity contribution is 5.96. The van der Waals surface area contributed by atoms with Crippen molar-refractivity contribution in [2.24, 2.45) is 0 Å². The Balaban J connectivity index is 2.05. The predicted molar refractivity (Wildman–Crippen MR) is 97.1 cm³/mol. The summed E-state index contributed by atoms with van der Waals surface area (Å²) in [5.41, 5.74) is 11.1. The standard InChI is InChI=1S/C19H26N4O/c1-12-10-14(19(3,4)5)11-13(2)15(12)6-7-23-18(24)16-17(20)22-9-8-21-16/h8-11H,6-7H2,1-5H3,(H2,20,22)(H,23,24). The molecule has 0 unspecified atom stereocenters. The van der Waals surface area contributed by atoms with E-state index in [1.54, 1.807) is 0 Å². The van der Waals surface area contributed by atoms with Crippen molar-refractivity contribution in [2.75, 3.05) is 12.3 Å². The number of hydrogen-bond acceptors (Lipinski definition) is 4. The average Bonchev–Trinajstić information content (AvgIpc) is 2.49. The van der Waals surface area contributed by atoms with E-state index in [-0.39, 0.29) is 22.8 Å². The molecule has 1 amide bonds. The molecule has 0 bridgehead atoms. The molecule has 5 heteroatoms. The molecule has 0 radical (unpaired) electrons. The van der Waals surface area contributed by atoms with E-state index in [1.165, 1.54) is 34.6 Å². The molecule has 5 nitrogen and oxygen atoms in total. The summed E-state index contributed by atoms with van der Waals surface area (Å²) in [5.74, 6) is -0.140. The summed E-state index contributed by atoms with van der Waals surface area (Å²) in [5, 5.41) is 2.87. The smallest absolute Gasteiger partial charge is 0.273 e. The topological polar surface area (TPSA) is 80.9 Å². The van der Waals surface area contributed by atoms with Crippen molar-refractivity contribution >= 4 is 11.7 Å². The van der Waals surface area contributed by atoms with E-state index in [9.17, 15) is 4.79 Å². The number of aromatic nitrogens is 2. The summed E-state index contributed by atoms with van der Waals surface area (Å²) in [7, 11) is 0. The highest BCUT2D eigenvalue weighted by Gasteiger charge is 2.16. The molecule has 1 aromatic heterocycles. The maximum absolute atomic E-state index is 12.1. The number of hydrogen-bond donors (Lipinski definition) is 2. The third-order valence-corrected chi connectivity index (χ3v) is 4.16. The fourth-order valence-electron chi connectivity index (χ4n) is 2.73. The molecule has 0 fully saturated rings. The van der Waals surface area contributed by atoms with Gasteiger partial charge in [-0.15, -0.1) is 0 Å². The van der Waals surface area contributed by atoms with Gasteiger partial charge in [-0.2, -0.15) is 0 Å². The van der Waals surface area contributed by atoms with E-state index in [0.717, 1.165) is 6.42 Å². The van der Waals surface area contributed by atoms with Gasteiger partial charge >= 0.3 is 0 Å². The van der Waals surface area contributed by atoms with E-state index in [4.69, 9.17) is 5.73 Å². The van der Waals surface area contributed by atoms with E-state index in [2.05, 4.69) is 62.0 Å². The lowest BCUT2D eigenvalue weighted by atomic mass is 9.83. The van der Waals surface area contributed by atoms with Gasteiger partial charge in [0.25, 0.3) is 5.91 Å². The summed E-state index contributed by atoms with van der Waals surface area (Å²) < 4.78 is 0. The van der Waals surface area contributed by atoms with Crippen LogP contribution in [-0.2, 0) is 11.8 Å². The predicted octanol–water partition coefficient (Wildman–Crippen LogP) is 2.95. The number of carbonyl (C=O) groups excluding carboxylic acids is 1. The number of nitrogens with two attached hydrogens (primary N) is 1. The fourth-order valence-corrected chi connectivity index (χ4v) is 2.73. The van der Waals surface area contributed by atoms with E-state index in [1.807, 2.05) is 0 Å². The number of aryl methyl sites for hydroxylation is 2. The summed E-state index contributed by atoms with van der Waals surface area (Å²) >= 11 is 0. The van der Waals surface area contributed by atoms with Crippen LogP contribution in [0.5, 0.6) is 0 Å². The Bertz CT molecular complexity index is 724. The molecule has 1 aromatic carbocycles. The van der Waals surface area contributed by atoms with Crippen LogP contribution in [0.1, 0.15) is 53.5 Å². The second-order valence-corrected chi connectivity index (χ2v) is 7.13. The zero-order valence-corrected chi connectivity index (χ0v) is 15.1. The third-order valence-electron chi connectivity index (χ3n) is 4.16. The van der Waals surface area contributed by atoms with E-state index in [0.29, 0.717) is 6.54 Å². The minimum atomic E-state index is -0.290. The zero-order valence-electron chi connectivity index (χ0n) is 15.1. The molecule has 2 aromatic rings. The first-order valence-corrected chi connectivity index (χ1v) is 8.15. The molecule has 2 rings (SSSR count). The van der Waals surface area contributed by atoms with Gasteiger partial charge in [0, 0.05) is 18.9 Å². The molecule has 3 N–H and O–H groups in total. The van der Waals surface area contributed by atoms with Crippen molar-refractivity contribution in [3.8, 4) is 0 Å². The molecule has 0 aliphatic heterocycles. The van der Waals surface area contributed by atoms with Crippen LogP contribution in [0.2, 0.25) is 0 Å². The molecular formula is C19H26N4O. The molecule has 0 aliphatic carbocycles. The second-order valence-electron chi connectivity index (χ2n) is 7.13. The van der Waals surface area contributed by atoms with Gasteiger partial charge in [-0.05, 0) is 47.9 Å². The van der Waals surface area contributed by atoms with Crippen molar-refractivity contribution < 1.29 is 4.79 Å². The first-order chi connectivity index (χ1) is 11.2. The lowest BCUT2D eigenvalue weighted by Gasteiger charge is -2.22. The number of amides is 1. The van der Waals surface area contributed by atoms with Crippen LogP contribution in [0, 0.1) is 13.8 Å². The number of rotatable bonds is 4. The second kappa shape index (κ2) is 6.99. The summed E-state index contributed by atoms with van der Waals surface area (Å²) in [6, 6.07) is 4.48. The third kappa shape index (κ3) is 4.10. The Hall–Kier alpha value is -2.43. The number of benzene rings is 1. The average molecular weight is 326 g/mol. The van der Waals surface area contributed by atoms with Crippen LogP contribution in [0.15, 0.2) is 24.5 Å². The number of nitrogens with zero attached hydrogens (tertiary/aromatic N) is 2. The molecule has 24 heavy (non-hydrogen) atoms. The van der Waals surface area contributed by atoms with Crippen molar-refractivity contribution in [2.45, 2.75) is 46.5 Å². The molecule has 0 aliphatic rings. The van der Waals surface area contributed by atoms with Crippen LogP contribution in [-0.4, -0.2) is 22.4 Å². The number of carbonyl (C=O) groups is 1. The molecule has 0 saturated carbocycles. The van der Waals surface area contributed by atoms with Crippen LogP contribution in [0.25, 0.3) is 0 Å². The lowest BCUT2D eigenvalue weighted by Crippen LogP contribution is -2.28. The normalized spacial score (nSPS) is 11.4. The SMILES string of the molecule is Cc1cc(C(C)(C)C)cc(C)c1CCNC(=O)c1nccnc1N. The van der Waals surface area contributed by atoms with Gasteiger partial charge in [0.05, 0.1) is 0 Å². The molecule has 128 valence electrons. The van der Waals surface area contributed by atoms with Gasteiger partial charge < -0.3 is 11.1 Å². The fraction of sp³-hybridized carbons (Fsp3) is 0.421. The Kier molecular flexibility index (Phi) is 5.22. The largest absolute Gasteiger partial charge is 0.382 e. The minimum Gasteiger partial charge on any atom is -0.382 e. The van der Waals surface area contributed by atoms with Gasteiger partial charge in [0.15, 0.2) is 11.5 Å². The first-order valence-electron chi connectivity index (χ1n) is 8.15. The van der Waals surface area contributed by atoms with Crippen molar-refractivity contribution in [3.63, 3.8) is 0 Å². The van der Waals surface area contributed by atoms with Crippen LogP contribution in [0.4, 0.5) is 5.82 Å². The van der Waals surface area contributed by atoms with Gasteiger partial charge in [-0.1, -0.05) is 32.9 Å². The molecule has 0 atom stereocenters.